The van der Waals surface area contributed by atoms with Crippen molar-refractivity contribution in [3.8, 4) is 0 Å². The van der Waals surface area contributed by atoms with E-state index in [0.717, 1.165) is 17.8 Å². The van der Waals surface area contributed by atoms with Gasteiger partial charge >= 0.3 is 0 Å². The Balaban J connectivity index is 2.80. The van der Waals surface area contributed by atoms with Crippen molar-refractivity contribution in [2.24, 2.45) is 0 Å². The Morgan fingerprint density at radius 2 is 2.24 bits per heavy atom. The lowest BCUT2D eigenvalue weighted by molar-refractivity contribution is 0.0855. The molecule has 1 aromatic heterocycles. The first kappa shape index (κ1) is 14.2. The molecule has 1 unspecified atom stereocenters. The number of hydrogen-bond donors (Lipinski definition) is 2. The Bertz CT molecular complexity index is 470. The molecule has 1 atom stereocenters. The van der Waals surface area contributed by atoms with Crippen molar-refractivity contribution >= 4 is 32.2 Å². The van der Waals surface area contributed by atoms with Gasteiger partial charge in [0, 0.05) is 19.4 Å². The Hall–Kier alpha value is -0.860. The van der Waals surface area contributed by atoms with Gasteiger partial charge in [-0.15, -0.1) is 0 Å². The van der Waals surface area contributed by atoms with Crippen LogP contribution in [0.1, 0.15) is 13.8 Å². The van der Waals surface area contributed by atoms with Crippen LogP contribution in [0.25, 0.3) is 0 Å². The summed E-state index contributed by atoms with van der Waals surface area (Å²) >= 11 is 1.04. The molecule has 8 heteroatoms. The minimum Gasteiger partial charge on any atom is -0.382 e. The standard InChI is InChI=1S/C9H17N3O3S2/c1-4-15-6(2)5-11-9-7(17(3,13)14)8(10)12-16-9/h6,11H,4-5H2,1-3H3,(H2,10,12). The van der Waals surface area contributed by atoms with Crippen molar-refractivity contribution < 1.29 is 13.2 Å². The fourth-order valence-corrected chi connectivity index (χ4v) is 3.42. The fraction of sp³-hybridized carbons (Fsp3) is 0.667. The van der Waals surface area contributed by atoms with Crippen LogP contribution >= 0.6 is 11.5 Å². The second-order valence-corrected chi connectivity index (χ2v) is 6.37. The van der Waals surface area contributed by atoms with Crippen molar-refractivity contribution in [1.29, 1.82) is 0 Å². The molecule has 0 saturated heterocycles. The van der Waals surface area contributed by atoms with Crippen LogP contribution in [0.3, 0.4) is 0 Å². The summed E-state index contributed by atoms with van der Waals surface area (Å²) in [6, 6.07) is 0. The van der Waals surface area contributed by atoms with E-state index in [1.807, 2.05) is 13.8 Å². The van der Waals surface area contributed by atoms with Gasteiger partial charge in [0.1, 0.15) is 9.90 Å². The highest BCUT2D eigenvalue weighted by atomic mass is 32.2. The minimum absolute atomic E-state index is 0.00395. The average Bonchev–Trinajstić information content (AvgIpc) is 2.56. The molecule has 1 rings (SSSR count). The van der Waals surface area contributed by atoms with Gasteiger partial charge in [0.25, 0.3) is 0 Å². The number of nitrogens with one attached hydrogen (secondary N) is 1. The quantitative estimate of drug-likeness (QED) is 0.805. The van der Waals surface area contributed by atoms with Gasteiger partial charge in [-0.3, -0.25) is 0 Å². The average molecular weight is 279 g/mol. The second-order valence-electron chi connectivity index (χ2n) is 3.65. The van der Waals surface area contributed by atoms with Crippen LogP contribution in [0, 0.1) is 0 Å². The maximum atomic E-state index is 11.5. The summed E-state index contributed by atoms with van der Waals surface area (Å²) in [4.78, 5) is 0.0752. The lowest BCUT2D eigenvalue weighted by Crippen LogP contribution is -2.20. The molecule has 98 valence electrons. The molecule has 0 aliphatic rings. The predicted molar refractivity (Wildman–Crippen MR) is 69.2 cm³/mol. The molecule has 1 aromatic rings. The second kappa shape index (κ2) is 5.65. The molecule has 0 spiro atoms. The highest BCUT2D eigenvalue weighted by molar-refractivity contribution is 7.91. The number of nitrogen functional groups attached to an aromatic ring is 1. The highest BCUT2D eigenvalue weighted by Crippen LogP contribution is 2.31. The molecule has 6 nitrogen and oxygen atoms in total. The van der Waals surface area contributed by atoms with Gasteiger partial charge in [0.05, 0.1) is 6.10 Å². The lowest BCUT2D eigenvalue weighted by atomic mass is 10.4. The summed E-state index contributed by atoms with van der Waals surface area (Å²) in [5.41, 5.74) is 5.54. The predicted octanol–water partition coefficient (Wildman–Crippen LogP) is 0.966. The van der Waals surface area contributed by atoms with Crippen molar-refractivity contribution in [3.63, 3.8) is 0 Å². The Morgan fingerprint density at radius 1 is 1.59 bits per heavy atom. The topological polar surface area (TPSA) is 94.3 Å². The molecule has 17 heavy (non-hydrogen) atoms. The fourth-order valence-electron chi connectivity index (χ4n) is 1.34. The van der Waals surface area contributed by atoms with Crippen molar-refractivity contribution in [3.05, 3.63) is 0 Å². The SMILES string of the molecule is CCOC(C)CNc1snc(N)c1S(C)(=O)=O. The summed E-state index contributed by atoms with van der Waals surface area (Å²) in [6.45, 7) is 4.94. The number of nitrogens with two attached hydrogens (primary N) is 1. The normalized spacial score (nSPS) is 13.6. The summed E-state index contributed by atoms with van der Waals surface area (Å²) in [7, 11) is -3.36. The molecule has 0 amide bonds. The van der Waals surface area contributed by atoms with Crippen LogP contribution in [-0.2, 0) is 14.6 Å². The Morgan fingerprint density at radius 3 is 2.76 bits per heavy atom. The third-order valence-electron chi connectivity index (χ3n) is 2.05. The Labute approximate surface area is 105 Å². The van der Waals surface area contributed by atoms with E-state index >= 15 is 0 Å². The largest absolute Gasteiger partial charge is 0.382 e. The molecule has 0 saturated carbocycles. The molecule has 0 radical (unpaired) electrons. The van der Waals surface area contributed by atoms with E-state index in [0.29, 0.717) is 18.2 Å². The number of nitrogens with zero attached hydrogens (tertiary/aromatic N) is 1. The summed E-state index contributed by atoms with van der Waals surface area (Å²) in [5.74, 6) is 0.0454. The minimum atomic E-state index is -3.36. The zero-order valence-electron chi connectivity index (χ0n) is 10.1. The monoisotopic (exact) mass is 279 g/mol. The molecule has 0 bridgehead atoms. The van der Waals surface area contributed by atoms with Crippen LogP contribution in [0.15, 0.2) is 4.90 Å². The molecular weight excluding hydrogens is 262 g/mol. The van der Waals surface area contributed by atoms with Gasteiger partial charge in [-0.2, -0.15) is 4.37 Å². The smallest absolute Gasteiger partial charge is 0.182 e. The van der Waals surface area contributed by atoms with Crippen molar-refractivity contribution in [2.45, 2.75) is 24.8 Å². The number of anilines is 2. The van der Waals surface area contributed by atoms with Gasteiger partial charge in [-0.25, -0.2) is 8.42 Å². The number of sulfone groups is 1. The lowest BCUT2D eigenvalue weighted by Gasteiger charge is -2.12. The van der Waals surface area contributed by atoms with Crippen LogP contribution < -0.4 is 11.1 Å². The maximum Gasteiger partial charge on any atom is 0.182 e. The van der Waals surface area contributed by atoms with Gasteiger partial charge in [-0.05, 0) is 25.4 Å². The van der Waals surface area contributed by atoms with Gasteiger partial charge < -0.3 is 15.8 Å². The number of aromatic nitrogens is 1. The molecular formula is C9H17N3O3S2. The van der Waals surface area contributed by atoms with Crippen LogP contribution in [0.4, 0.5) is 10.8 Å². The van der Waals surface area contributed by atoms with Crippen LogP contribution in [0.2, 0.25) is 0 Å². The van der Waals surface area contributed by atoms with E-state index in [-0.39, 0.29) is 16.8 Å². The molecule has 1 heterocycles. The summed E-state index contributed by atoms with van der Waals surface area (Å²) in [6.07, 6.45) is 1.11. The molecule has 0 aliphatic heterocycles. The van der Waals surface area contributed by atoms with Crippen LogP contribution in [0.5, 0.6) is 0 Å². The first-order chi connectivity index (χ1) is 7.86. The van der Waals surface area contributed by atoms with Crippen molar-refractivity contribution in [1.82, 2.24) is 4.37 Å². The molecule has 0 aliphatic carbocycles. The number of hydrogen-bond acceptors (Lipinski definition) is 7. The van der Waals surface area contributed by atoms with E-state index in [4.69, 9.17) is 10.5 Å². The van der Waals surface area contributed by atoms with Crippen molar-refractivity contribution in [2.75, 3.05) is 30.5 Å². The highest BCUT2D eigenvalue weighted by Gasteiger charge is 2.21. The van der Waals surface area contributed by atoms with E-state index in [9.17, 15) is 8.42 Å². The summed E-state index contributed by atoms with van der Waals surface area (Å²) < 4.78 is 32.2. The van der Waals surface area contributed by atoms with Gasteiger partial charge in [-0.1, -0.05) is 0 Å². The molecule has 3 N–H and O–H groups in total. The first-order valence-electron chi connectivity index (χ1n) is 5.17. The molecule has 0 fully saturated rings. The van der Waals surface area contributed by atoms with Gasteiger partial charge in [0.2, 0.25) is 0 Å². The molecule has 0 aromatic carbocycles. The number of rotatable bonds is 6. The third-order valence-corrected chi connectivity index (χ3v) is 4.15. The van der Waals surface area contributed by atoms with E-state index in [2.05, 4.69) is 9.69 Å². The zero-order chi connectivity index (χ0) is 13.1. The Kier molecular flexibility index (Phi) is 4.72. The maximum absolute atomic E-state index is 11.5. The van der Waals surface area contributed by atoms with Gasteiger partial charge in [0.15, 0.2) is 15.7 Å². The number of ether oxygens (including phenoxy) is 1. The van der Waals surface area contributed by atoms with E-state index < -0.39 is 9.84 Å². The van der Waals surface area contributed by atoms with Crippen LogP contribution in [-0.4, -0.2) is 38.3 Å². The first-order valence-corrected chi connectivity index (χ1v) is 7.83. The van der Waals surface area contributed by atoms with E-state index in [1.54, 1.807) is 0 Å². The zero-order valence-corrected chi connectivity index (χ0v) is 11.7. The van der Waals surface area contributed by atoms with E-state index in [1.165, 1.54) is 0 Å². The summed E-state index contributed by atoms with van der Waals surface area (Å²) in [5, 5.41) is 3.47. The third kappa shape index (κ3) is 3.83.